The Morgan fingerprint density at radius 3 is 2.41 bits per heavy atom. The molecule has 0 aliphatic heterocycles. The van der Waals surface area contributed by atoms with Gasteiger partial charge in [0.1, 0.15) is 5.75 Å². The minimum absolute atomic E-state index is 0.132. The fraction of sp³-hybridized carbons (Fsp3) is 0.222. The van der Waals surface area contributed by atoms with Gasteiger partial charge in [0.15, 0.2) is 15.9 Å². The van der Waals surface area contributed by atoms with Crippen molar-refractivity contribution in [3.8, 4) is 5.75 Å². The van der Waals surface area contributed by atoms with Crippen molar-refractivity contribution < 1.29 is 27.5 Å². The van der Waals surface area contributed by atoms with E-state index in [0.717, 1.165) is 6.26 Å². The molecule has 27 heavy (non-hydrogen) atoms. The number of anilines is 1. The van der Waals surface area contributed by atoms with Crippen molar-refractivity contribution in [1.82, 2.24) is 0 Å². The molecule has 0 saturated carbocycles. The SMILES string of the molecule is COc1ccc(NC(=O)[C@H](C)OC(=O)c2ccccc2S(C)(=O)=O)cc1Cl. The summed E-state index contributed by atoms with van der Waals surface area (Å²) in [6.07, 6.45) is -0.172. The van der Waals surface area contributed by atoms with Crippen LogP contribution >= 0.6 is 11.6 Å². The van der Waals surface area contributed by atoms with Gasteiger partial charge in [0.05, 0.1) is 22.6 Å². The summed E-state index contributed by atoms with van der Waals surface area (Å²) < 4.78 is 33.7. The van der Waals surface area contributed by atoms with Gasteiger partial charge in [-0.15, -0.1) is 0 Å². The Morgan fingerprint density at radius 2 is 1.81 bits per heavy atom. The molecule has 0 fully saturated rings. The minimum Gasteiger partial charge on any atom is -0.495 e. The van der Waals surface area contributed by atoms with Crippen molar-refractivity contribution in [3.63, 3.8) is 0 Å². The number of ether oxygens (including phenoxy) is 2. The average Bonchev–Trinajstić information content (AvgIpc) is 2.61. The summed E-state index contributed by atoms with van der Waals surface area (Å²) in [5.41, 5.74) is 0.261. The molecular formula is C18H18ClNO6S. The van der Waals surface area contributed by atoms with E-state index in [9.17, 15) is 18.0 Å². The van der Waals surface area contributed by atoms with Gasteiger partial charge in [-0.1, -0.05) is 23.7 Å². The predicted molar refractivity (Wildman–Crippen MR) is 101 cm³/mol. The van der Waals surface area contributed by atoms with Crippen molar-refractivity contribution in [3.05, 3.63) is 53.1 Å². The van der Waals surface area contributed by atoms with E-state index >= 15 is 0 Å². The van der Waals surface area contributed by atoms with Crippen molar-refractivity contribution in [1.29, 1.82) is 0 Å². The summed E-state index contributed by atoms with van der Waals surface area (Å²) in [6.45, 7) is 1.38. The van der Waals surface area contributed by atoms with E-state index in [1.807, 2.05) is 0 Å². The molecule has 144 valence electrons. The molecule has 0 saturated heterocycles. The minimum atomic E-state index is -3.62. The molecule has 2 aromatic carbocycles. The van der Waals surface area contributed by atoms with Crippen molar-refractivity contribution in [2.45, 2.75) is 17.9 Å². The molecule has 0 aromatic heterocycles. The molecule has 7 nitrogen and oxygen atoms in total. The van der Waals surface area contributed by atoms with Crippen LogP contribution in [0, 0.1) is 0 Å². The molecule has 0 bridgehead atoms. The highest BCUT2D eigenvalue weighted by atomic mass is 35.5. The van der Waals surface area contributed by atoms with Crippen LogP contribution < -0.4 is 10.1 Å². The molecule has 0 aliphatic carbocycles. The van der Waals surface area contributed by atoms with E-state index in [4.69, 9.17) is 21.1 Å². The van der Waals surface area contributed by atoms with E-state index in [0.29, 0.717) is 16.5 Å². The zero-order valence-corrected chi connectivity index (χ0v) is 16.4. The Balaban J connectivity index is 2.11. The molecule has 9 heteroatoms. The lowest BCUT2D eigenvalue weighted by atomic mass is 10.2. The predicted octanol–water partition coefficient (Wildman–Crippen LogP) is 2.94. The normalized spacial score (nSPS) is 12.1. The van der Waals surface area contributed by atoms with Crippen molar-refractivity contribution >= 4 is 39.0 Å². The maximum absolute atomic E-state index is 12.3. The number of hydrogen-bond donors (Lipinski definition) is 1. The number of carbonyl (C=O) groups excluding carboxylic acids is 2. The summed E-state index contributed by atoms with van der Waals surface area (Å²) in [4.78, 5) is 24.4. The second-order valence-corrected chi connectivity index (χ2v) is 8.05. The van der Waals surface area contributed by atoms with Crippen LogP contribution in [0.2, 0.25) is 5.02 Å². The van der Waals surface area contributed by atoms with Gasteiger partial charge in [0.25, 0.3) is 5.91 Å². The largest absolute Gasteiger partial charge is 0.495 e. The van der Waals surface area contributed by atoms with Gasteiger partial charge < -0.3 is 14.8 Å². The standard InChI is InChI=1S/C18H18ClNO6S/c1-11(17(21)20-12-8-9-15(25-2)14(19)10-12)26-18(22)13-6-4-5-7-16(13)27(3,23)24/h4-11H,1-3H3,(H,20,21)/t11-/m0/s1. The second kappa shape index (κ2) is 8.41. The first-order valence-corrected chi connectivity index (χ1v) is 10.0. The average molecular weight is 412 g/mol. The number of rotatable bonds is 6. The van der Waals surface area contributed by atoms with Crippen LogP contribution in [0.1, 0.15) is 17.3 Å². The smallest absolute Gasteiger partial charge is 0.340 e. The maximum atomic E-state index is 12.3. The van der Waals surface area contributed by atoms with Crippen molar-refractivity contribution in [2.24, 2.45) is 0 Å². The molecule has 0 radical (unpaired) electrons. The summed E-state index contributed by atoms with van der Waals surface area (Å²) >= 11 is 6.00. The summed E-state index contributed by atoms with van der Waals surface area (Å²) in [6, 6.07) is 10.3. The Hall–Kier alpha value is -2.58. The van der Waals surface area contributed by atoms with Crippen LogP contribution in [0.25, 0.3) is 0 Å². The van der Waals surface area contributed by atoms with Gasteiger partial charge in [0.2, 0.25) is 0 Å². The number of hydrogen-bond acceptors (Lipinski definition) is 6. The number of esters is 1. The molecule has 0 aliphatic rings. The van der Waals surface area contributed by atoms with Crippen LogP contribution in [0.4, 0.5) is 5.69 Å². The van der Waals surface area contributed by atoms with Crippen LogP contribution in [0.15, 0.2) is 47.4 Å². The molecular weight excluding hydrogens is 394 g/mol. The fourth-order valence-electron chi connectivity index (χ4n) is 2.22. The lowest BCUT2D eigenvalue weighted by Crippen LogP contribution is -2.30. The molecule has 2 aromatic rings. The number of nitrogens with one attached hydrogen (secondary N) is 1. The maximum Gasteiger partial charge on any atom is 0.340 e. The van der Waals surface area contributed by atoms with E-state index in [2.05, 4.69) is 5.32 Å². The third-order valence-electron chi connectivity index (χ3n) is 3.58. The van der Waals surface area contributed by atoms with E-state index in [-0.39, 0.29) is 10.5 Å². The Labute approximate surface area is 162 Å². The third-order valence-corrected chi connectivity index (χ3v) is 5.03. The van der Waals surface area contributed by atoms with Gasteiger partial charge in [-0.3, -0.25) is 4.79 Å². The third kappa shape index (κ3) is 5.21. The molecule has 0 spiro atoms. The van der Waals surface area contributed by atoms with Crippen LogP contribution in [0.3, 0.4) is 0 Å². The van der Waals surface area contributed by atoms with Crippen LogP contribution in [0.5, 0.6) is 5.75 Å². The van der Waals surface area contributed by atoms with Gasteiger partial charge in [-0.25, -0.2) is 13.2 Å². The molecule has 0 heterocycles. The van der Waals surface area contributed by atoms with Gasteiger partial charge in [0, 0.05) is 11.9 Å². The summed E-state index contributed by atoms with van der Waals surface area (Å²) in [5.74, 6) is -1.06. The topological polar surface area (TPSA) is 98.8 Å². The molecule has 2 rings (SSSR count). The number of amides is 1. The number of methoxy groups -OCH3 is 1. The zero-order chi connectivity index (χ0) is 20.2. The molecule has 1 amide bonds. The van der Waals surface area contributed by atoms with E-state index < -0.39 is 27.8 Å². The quantitative estimate of drug-likeness (QED) is 0.734. The Kier molecular flexibility index (Phi) is 6.45. The number of sulfone groups is 1. The highest BCUT2D eigenvalue weighted by Gasteiger charge is 2.24. The number of carbonyl (C=O) groups is 2. The lowest BCUT2D eigenvalue weighted by molar-refractivity contribution is -0.123. The monoisotopic (exact) mass is 411 g/mol. The molecule has 1 atom stereocenters. The van der Waals surface area contributed by atoms with Gasteiger partial charge in [-0.05, 0) is 37.3 Å². The number of halogens is 1. The van der Waals surface area contributed by atoms with E-state index in [1.54, 1.807) is 12.1 Å². The summed E-state index contributed by atoms with van der Waals surface area (Å²) in [5, 5.41) is 2.87. The zero-order valence-electron chi connectivity index (χ0n) is 14.9. The Bertz CT molecular complexity index is 974. The highest BCUT2D eigenvalue weighted by molar-refractivity contribution is 7.90. The first-order valence-electron chi connectivity index (χ1n) is 7.78. The fourth-order valence-corrected chi connectivity index (χ4v) is 3.36. The molecule has 1 N–H and O–H groups in total. The lowest BCUT2D eigenvalue weighted by Gasteiger charge is -2.15. The summed E-state index contributed by atoms with van der Waals surface area (Å²) in [7, 11) is -2.15. The van der Waals surface area contributed by atoms with E-state index in [1.165, 1.54) is 44.4 Å². The highest BCUT2D eigenvalue weighted by Crippen LogP contribution is 2.27. The number of benzene rings is 2. The van der Waals surface area contributed by atoms with Crippen LogP contribution in [-0.2, 0) is 19.4 Å². The first-order chi connectivity index (χ1) is 12.6. The Morgan fingerprint density at radius 1 is 1.15 bits per heavy atom. The first kappa shape index (κ1) is 20.7. The molecule has 0 unspecified atom stereocenters. The van der Waals surface area contributed by atoms with Gasteiger partial charge in [-0.2, -0.15) is 0 Å². The van der Waals surface area contributed by atoms with Crippen molar-refractivity contribution in [2.75, 3.05) is 18.7 Å². The van der Waals surface area contributed by atoms with Crippen LogP contribution in [-0.4, -0.2) is 39.8 Å². The van der Waals surface area contributed by atoms with Gasteiger partial charge >= 0.3 is 5.97 Å². The second-order valence-electron chi connectivity index (χ2n) is 5.65.